The largest absolute Gasteiger partial charge is 0.484 e. The molecule has 0 heterocycles. The number of rotatable bonds is 11. The minimum atomic E-state index is -0.364. The van der Waals surface area contributed by atoms with Crippen LogP contribution in [-0.2, 0) is 22.4 Å². The molecule has 4 aromatic carbocycles. The van der Waals surface area contributed by atoms with Crippen LogP contribution < -0.4 is 41.8 Å². The third-order valence-electron chi connectivity index (χ3n) is 6.54. The normalized spacial score (nSPS) is 10.2. The number of hydrogen-bond acceptors (Lipinski definition) is 6. The summed E-state index contributed by atoms with van der Waals surface area (Å²) in [6, 6.07) is 30.7. The van der Waals surface area contributed by atoms with E-state index < -0.39 is 0 Å². The number of aryl methyl sites for hydroxylation is 4. The van der Waals surface area contributed by atoms with E-state index in [1.807, 2.05) is 111 Å². The number of anilines is 2. The van der Waals surface area contributed by atoms with Crippen LogP contribution in [0.5, 0.6) is 11.5 Å². The highest BCUT2D eigenvalue weighted by molar-refractivity contribution is 7.80. The molecular formula is C34H36N6O4S2. The molecule has 0 fully saturated rings. The molecule has 0 atom stereocenters. The fourth-order valence-corrected chi connectivity index (χ4v) is 4.35. The minimum absolute atomic E-state index is 0.162. The molecule has 0 radical (unpaired) electrons. The summed E-state index contributed by atoms with van der Waals surface area (Å²) in [4.78, 5) is 24.3. The van der Waals surface area contributed by atoms with E-state index in [1.54, 1.807) is 0 Å². The molecule has 0 bridgehead atoms. The average Bonchev–Trinajstić information content (AvgIpc) is 3.06. The van der Waals surface area contributed by atoms with Crippen molar-refractivity contribution in [3.8, 4) is 11.5 Å². The van der Waals surface area contributed by atoms with Crippen molar-refractivity contribution >= 4 is 57.8 Å². The van der Waals surface area contributed by atoms with E-state index in [9.17, 15) is 9.59 Å². The number of benzene rings is 4. The van der Waals surface area contributed by atoms with E-state index in [4.69, 9.17) is 33.9 Å². The summed E-state index contributed by atoms with van der Waals surface area (Å²) in [6.07, 6.45) is 1.64. The van der Waals surface area contributed by atoms with Gasteiger partial charge in [0.1, 0.15) is 11.5 Å². The van der Waals surface area contributed by atoms with Gasteiger partial charge in [0.2, 0.25) is 0 Å². The van der Waals surface area contributed by atoms with Crippen LogP contribution in [0.1, 0.15) is 22.3 Å². The number of amides is 2. The second kappa shape index (κ2) is 17.3. The highest BCUT2D eigenvalue weighted by atomic mass is 32.1. The van der Waals surface area contributed by atoms with Gasteiger partial charge in [0, 0.05) is 11.4 Å². The molecule has 10 nitrogen and oxygen atoms in total. The zero-order valence-corrected chi connectivity index (χ0v) is 27.1. The highest BCUT2D eigenvalue weighted by Crippen LogP contribution is 2.17. The number of thiocarbonyl (C=S) groups is 2. The van der Waals surface area contributed by atoms with Gasteiger partial charge in [-0.05, 0) is 111 Å². The van der Waals surface area contributed by atoms with Crippen LogP contribution in [0.4, 0.5) is 11.4 Å². The topological polar surface area (TPSA) is 125 Å². The Labute approximate surface area is 279 Å². The number of carbonyl (C=O) groups excluding carboxylic acids is 2. The molecule has 4 aromatic rings. The second-order valence-electron chi connectivity index (χ2n) is 10.4. The number of hydrazine groups is 2. The van der Waals surface area contributed by atoms with Crippen molar-refractivity contribution in [1.82, 2.24) is 21.7 Å². The lowest BCUT2D eigenvalue weighted by atomic mass is 10.0. The van der Waals surface area contributed by atoms with E-state index in [1.165, 1.54) is 0 Å². The lowest BCUT2D eigenvalue weighted by Crippen LogP contribution is -2.45. The first-order valence-electron chi connectivity index (χ1n) is 14.5. The fraction of sp³-hybridized carbons (Fsp3) is 0.176. The summed E-state index contributed by atoms with van der Waals surface area (Å²) in [5.74, 6) is 0.447. The first-order chi connectivity index (χ1) is 22.2. The molecule has 12 heteroatoms. The summed E-state index contributed by atoms with van der Waals surface area (Å²) in [7, 11) is 0. The van der Waals surface area contributed by atoms with Gasteiger partial charge in [0.15, 0.2) is 23.4 Å². The Morgan fingerprint density at radius 1 is 0.522 bits per heavy atom. The average molecular weight is 657 g/mol. The van der Waals surface area contributed by atoms with Gasteiger partial charge in [-0.25, -0.2) is 0 Å². The Morgan fingerprint density at radius 2 is 0.870 bits per heavy atom. The molecule has 2 amide bonds. The number of carbonyl (C=O) groups is 2. The Bertz CT molecular complexity index is 1490. The maximum Gasteiger partial charge on any atom is 0.276 e. The molecule has 0 unspecified atom stereocenters. The van der Waals surface area contributed by atoms with Crippen LogP contribution in [0.2, 0.25) is 0 Å². The first kappa shape index (κ1) is 33.7. The van der Waals surface area contributed by atoms with Gasteiger partial charge in [-0.3, -0.25) is 31.3 Å². The van der Waals surface area contributed by atoms with Gasteiger partial charge >= 0.3 is 0 Å². The maximum atomic E-state index is 12.1. The maximum absolute atomic E-state index is 12.1. The summed E-state index contributed by atoms with van der Waals surface area (Å²) in [5.41, 5.74) is 16.5. The molecular weight excluding hydrogens is 621 g/mol. The number of nitrogens with one attached hydrogen (secondary N) is 6. The molecule has 238 valence electrons. The highest BCUT2D eigenvalue weighted by Gasteiger charge is 2.07. The number of hydrogen-bond donors (Lipinski definition) is 6. The molecule has 0 aliphatic heterocycles. The Balaban J connectivity index is 1.09. The van der Waals surface area contributed by atoms with Crippen LogP contribution in [-0.4, -0.2) is 35.3 Å². The van der Waals surface area contributed by atoms with Crippen molar-refractivity contribution in [3.63, 3.8) is 0 Å². The van der Waals surface area contributed by atoms with Gasteiger partial charge in [0.05, 0.1) is 0 Å². The summed E-state index contributed by atoms with van der Waals surface area (Å²) >= 11 is 10.4. The van der Waals surface area contributed by atoms with E-state index in [0.717, 1.165) is 46.5 Å². The van der Waals surface area contributed by atoms with Gasteiger partial charge in [0.25, 0.3) is 11.8 Å². The molecule has 0 saturated carbocycles. The monoisotopic (exact) mass is 656 g/mol. The first-order valence-corrected chi connectivity index (χ1v) is 15.3. The molecule has 0 aliphatic rings. The predicted octanol–water partition coefficient (Wildman–Crippen LogP) is 4.88. The van der Waals surface area contributed by atoms with E-state index in [2.05, 4.69) is 32.3 Å². The quantitative estimate of drug-likeness (QED) is 0.0983. The number of ether oxygens (including phenoxy) is 2. The van der Waals surface area contributed by atoms with Crippen LogP contribution in [0.25, 0.3) is 0 Å². The lowest BCUT2D eigenvalue weighted by molar-refractivity contribution is -0.124. The molecule has 0 spiro atoms. The van der Waals surface area contributed by atoms with Crippen LogP contribution in [0.3, 0.4) is 0 Å². The van der Waals surface area contributed by atoms with Gasteiger partial charge in [-0.2, -0.15) is 0 Å². The summed E-state index contributed by atoms with van der Waals surface area (Å²) < 4.78 is 11.2. The van der Waals surface area contributed by atoms with Crippen LogP contribution >= 0.6 is 24.4 Å². The standard InChI is InChI=1S/C34H36N6O4S2/c1-23-3-13-27(14-4-23)35-33(45)39-37-31(41)21-43-29-17-9-25(10-18-29)7-8-26-11-19-30(20-12-26)44-22-32(42)38-40-34(46)36-28-15-5-24(2)6-16-28/h3-6,9-20H,7-8,21-22H2,1-2H3,(H,37,41)(H,38,42)(H2,35,39,45)(H2,36,40,46). The zero-order valence-electron chi connectivity index (χ0n) is 25.5. The fourth-order valence-electron chi connectivity index (χ4n) is 4.01. The third kappa shape index (κ3) is 12.1. The molecule has 0 aromatic heterocycles. The SMILES string of the molecule is Cc1ccc(NC(=S)NNC(=O)COc2ccc(CCc3ccc(OCC(=O)NNC(=S)Nc4ccc(C)cc4)cc3)cc2)cc1. The molecule has 6 N–H and O–H groups in total. The molecule has 46 heavy (non-hydrogen) atoms. The Kier molecular flexibility index (Phi) is 12.7. The van der Waals surface area contributed by atoms with E-state index in [0.29, 0.717) is 11.5 Å². The third-order valence-corrected chi connectivity index (χ3v) is 6.95. The Morgan fingerprint density at radius 3 is 1.22 bits per heavy atom. The molecule has 0 saturated heterocycles. The van der Waals surface area contributed by atoms with Crippen LogP contribution in [0.15, 0.2) is 97.1 Å². The van der Waals surface area contributed by atoms with Crippen molar-refractivity contribution in [2.45, 2.75) is 26.7 Å². The van der Waals surface area contributed by atoms with Gasteiger partial charge < -0.3 is 20.1 Å². The molecule has 4 rings (SSSR count). The van der Waals surface area contributed by atoms with E-state index >= 15 is 0 Å². The molecule has 0 aliphatic carbocycles. The van der Waals surface area contributed by atoms with Crippen molar-refractivity contribution in [2.75, 3.05) is 23.8 Å². The van der Waals surface area contributed by atoms with Crippen molar-refractivity contribution in [1.29, 1.82) is 0 Å². The summed E-state index contributed by atoms with van der Waals surface area (Å²) in [6.45, 7) is 3.68. The van der Waals surface area contributed by atoms with Crippen molar-refractivity contribution < 1.29 is 19.1 Å². The summed E-state index contributed by atoms with van der Waals surface area (Å²) in [5, 5.41) is 6.52. The Hall–Kier alpha value is -5.20. The minimum Gasteiger partial charge on any atom is -0.484 e. The van der Waals surface area contributed by atoms with Crippen molar-refractivity contribution in [2.24, 2.45) is 0 Å². The van der Waals surface area contributed by atoms with E-state index in [-0.39, 0.29) is 35.3 Å². The second-order valence-corrected chi connectivity index (χ2v) is 11.2. The van der Waals surface area contributed by atoms with Gasteiger partial charge in [-0.15, -0.1) is 0 Å². The van der Waals surface area contributed by atoms with Gasteiger partial charge in [-0.1, -0.05) is 59.7 Å². The van der Waals surface area contributed by atoms with Crippen molar-refractivity contribution in [3.05, 3.63) is 119 Å². The van der Waals surface area contributed by atoms with Crippen LogP contribution in [0, 0.1) is 13.8 Å². The predicted molar refractivity (Wildman–Crippen MR) is 189 cm³/mol. The lowest BCUT2D eigenvalue weighted by Gasteiger charge is -2.12. The smallest absolute Gasteiger partial charge is 0.276 e. The zero-order chi connectivity index (χ0) is 32.7.